The lowest BCUT2D eigenvalue weighted by Gasteiger charge is -2.65. The van der Waals surface area contributed by atoms with E-state index in [4.69, 9.17) is 9.47 Å². The van der Waals surface area contributed by atoms with Crippen molar-refractivity contribution < 1.29 is 19.1 Å². The van der Waals surface area contributed by atoms with Gasteiger partial charge in [0.25, 0.3) is 0 Å². The van der Waals surface area contributed by atoms with Gasteiger partial charge in [0, 0.05) is 5.41 Å². The van der Waals surface area contributed by atoms with Crippen molar-refractivity contribution in [3.63, 3.8) is 0 Å². The number of carbonyl (C=O) groups excluding carboxylic acids is 2. The molecule has 0 radical (unpaired) electrons. The van der Waals surface area contributed by atoms with Crippen molar-refractivity contribution in [3.05, 3.63) is 72.4 Å². The summed E-state index contributed by atoms with van der Waals surface area (Å²) < 4.78 is 12.4. The Morgan fingerprint density at radius 3 is 2.57 bits per heavy atom. The molecule has 0 bridgehead atoms. The van der Waals surface area contributed by atoms with Gasteiger partial charge < -0.3 is 9.47 Å². The maximum absolute atomic E-state index is 14.4. The number of benzene rings is 1. The van der Waals surface area contributed by atoms with Gasteiger partial charge >= 0.3 is 5.97 Å². The van der Waals surface area contributed by atoms with Crippen molar-refractivity contribution >= 4 is 11.8 Å². The Morgan fingerprint density at radius 1 is 1.20 bits per heavy atom. The van der Waals surface area contributed by atoms with Gasteiger partial charge in [0.15, 0.2) is 5.78 Å². The van der Waals surface area contributed by atoms with Gasteiger partial charge in [-0.2, -0.15) is 0 Å². The fraction of sp³-hybridized carbons (Fsp3) is 0.548. The summed E-state index contributed by atoms with van der Waals surface area (Å²) in [6.45, 7) is 14.7. The molecule has 186 valence electrons. The Labute approximate surface area is 209 Å². The van der Waals surface area contributed by atoms with Crippen LogP contribution in [-0.2, 0) is 24.7 Å². The highest BCUT2D eigenvalue weighted by Crippen LogP contribution is 2.76. The van der Waals surface area contributed by atoms with Crippen LogP contribution in [0.3, 0.4) is 0 Å². The van der Waals surface area contributed by atoms with Crippen molar-refractivity contribution in [2.24, 2.45) is 34.5 Å². The Morgan fingerprint density at radius 2 is 1.91 bits per heavy atom. The van der Waals surface area contributed by atoms with E-state index < -0.39 is 28.5 Å². The molecule has 1 saturated carbocycles. The highest BCUT2D eigenvalue weighted by molar-refractivity contribution is 6.13. The van der Waals surface area contributed by atoms with Crippen molar-refractivity contribution in [1.29, 1.82) is 0 Å². The predicted molar refractivity (Wildman–Crippen MR) is 136 cm³/mol. The highest BCUT2D eigenvalue weighted by atomic mass is 16.6. The normalized spacial score (nSPS) is 42.1. The quantitative estimate of drug-likeness (QED) is 0.281. The standard InChI is InChI=1S/C31H38O4/c1-7-28(5)19-34-27(33)31(28)26(32)25-24-18-22(21(4)13-11-12-20(2)3)16-17-29(24,6)30(25,35-31)23-14-9-8-10-15-23/h7-10,12,14-17,21-22,24-25H,1,11,13,18-19H2,2-6H3/t21-,22+,24+,25-,28+,29+,30+,31+/m1/s1. The maximum atomic E-state index is 14.4. The number of hydrogen-bond acceptors (Lipinski definition) is 4. The summed E-state index contributed by atoms with van der Waals surface area (Å²) in [7, 11) is 0. The molecule has 4 heteroatoms. The molecule has 1 aromatic carbocycles. The number of esters is 1. The van der Waals surface area contributed by atoms with Crippen LogP contribution in [0.25, 0.3) is 0 Å². The molecule has 2 saturated heterocycles. The second-order valence-electron chi connectivity index (χ2n) is 11.9. The van der Waals surface area contributed by atoms with Gasteiger partial charge in [0.2, 0.25) is 5.60 Å². The van der Waals surface area contributed by atoms with Crippen LogP contribution in [0.1, 0.15) is 59.4 Å². The second kappa shape index (κ2) is 8.03. The van der Waals surface area contributed by atoms with E-state index in [1.807, 2.05) is 37.3 Å². The molecule has 0 N–H and O–H groups in total. The van der Waals surface area contributed by atoms with Gasteiger partial charge in [-0.1, -0.05) is 74.1 Å². The van der Waals surface area contributed by atoms with Crippen LogP contribution in [0.5, 0.6) is 0 Å². The minimum atomic E-state index is -1.64. The van der Waals surface area contributed by atoms with E-state index in [9.17, 15) is 9.59 Å². The summed E-state index contributed by atoms with van der Waals surface area (Å²) in [5.41, 5.74) is -1.52. The van der Waals surface area contributed by atoms with Gasteiger partial charge in [-0.15, -0.1) is 6.58 Å². The van der Waals surface area contributed by atoms with Crippen molar-refractivity contribution in [2.75, 3.05) is 6.61 Å². The maximum Gasteiger partial charge on any atom is 0.347 e. The molecule has 35 heavy (non-hydrogen) atoms. The fourth-order valence-electron chi connectivity index (χ4n) is 7.42. The predicted octanol–water partition coefficient (Wildman–Crippen LogP) is 6.18. The summed E-state index contributed by atoms with van der Waals surface area (Å²) >= 11 is 0. The molecule has 0 aromatic heterocycles. The summed E-state index contributed by atoms with van der Waals surface area (Å²) in [5.74, 6) is -0.0572. The van der Waals surface area contributed by atoms with Crippen LogP contribution in [0.2, 0.25) is 0 Å². The number of Topliss-reactive ketones (excluding diaryl/α,β-unsaturated/α-hetero) is 1. The van der Waals surface area contributed by atoms with Crippen LogP contribution in [0.15, 0.2) is 66.8 Å². The van der Waals surface area contributed by atoms with Crippen LogP contribution >= 0.6 is 0 Å². The van der Waals surface area contributed by atoms with E-state index in [-0.39, 0.29) is 23.7 Å². The number of rotatable bonds is 6. The zero-order chi connectivity index (χ0) is 25.2. The zero-order valence-corrected chi connectivity index (χ0v) is 21.7. The molecular weight excluding hydrogens is 436 g/mol. The Kier molecular flexibility index (Phi) is 5.56. The molecule has 4 nitrogen and oxygen atoms in total. The van der Waals surface area contributed by atoms with E-state index in [1.165, 1.54) is 5.57 Å². The molecule has 5 rings (SSSR count). The molecule has 3 fully saturated rings. The molecule has 0 amide bonds. The van der Waals surface area contributed by atoms with Crippen LogP contribution in [-0.4, -0.2) is 24.0 Å². The fourth-order valence-corrected chi connectivity index (χ4v) is 7.42. The smallest absolute Gasteiger partial charge is 0.347 e. The first-order valence-electron chi connectivity index (χ1n) is 13.0. The van der Waals surface area contributed by atoms with E-state index >= 15 is 0 Å². The molecular formula is C31H38O4. The van der Waals surface area contributed by atoms with Crippen molar-refractivity contribution in [3.8, 4) is 0 Å². The lowest BCUT2D eigenvalue weighted by molar-refractivity contribution is -0.262. The number of carbonyl (C=O) groups is 2. The molecule has 8 atom stereocenters. The van der Waals surface area contributed by atoms with E-state index in [0.717, 1.165) is 24.8 Å². The summed E-state index contributed by atoms with van der Waals surface area (Å²) in [4.78, 5) is 27.7. The first kappa shape index (κ1) is 24.2. The summed E-state index contributed by atoms with van der Waals surface area (Å²) in [5, 5.41) is 0. The molecule has 2 aliphatic carbocycles. The van der Waals surface area contributed by atoms with Gasteiger partial charge in [0.05, 0.1) is 11.3 Å². The Balaban J connectivity index is 1.57. The average molecular weight is 475 g/mol. The van der Waals surface area contributed by atoms with Gasteiger partial charge in [-0.25, -0.2) is 4.79 Å². The first-order chi connectivity index (χ1) is 16.6. The molecule has 0 unspecified atom stereocenters. The number of fused-ring (bicyclic) bond motifs is 4. The monoisotopic (exact) mass is 474 g/mol. The molecule has 2 heterocycles. The van der Waals surface area contributed by atoms with Crippen LogP contribution in [0.4, 0.5) is 0 Å². The number of cyclic esters (lactones) is 1. The largest absolute Gasteiger partial charge is 0.462 e. The average Bonchev–Trinajstić information content (AvgIpc) is 3.25. The van der Waals surface area contributed by atoms with Gasteiger partial charge in [-0.3, -0.25) is 4.79 Å². The van der Waals surface area contributed by atoms with Crippen LogP contribution < -0.4 is 0 Å². The third kappa shape index (κ3) is 2.95. The molecule has 4 aliphatic rings. The first-order valence-corrected chi connectivity index (χ1v) is 13.0. The Hall–Kier alpha value is -2.46. The minimum absolute atomic E-state index is 0.109. The van der Waals surface area contributed by atoms with E-state index in [0.29, 0.717) is 11.8 Å². The lowest BCUT2D eigenvalue weighted by Crippen LogP contribution is -2.67. The van der Waals surface area contributed by atoms with Gasteiger partial charge in [0.1, 0.15) is 12.2 Å². The highest BCUT2D eigenvalue weighted by Gasteiger charge is 2.85. The number of hydrogen-bond donors (Lipinski definition) is 0. The zero-order valence-electron chi connectivity index (χ0n) is 21.7. The summed E-state index contributed by atoms with van der Waals surface area (Å²) in [6.07, 6.45) is 11.7. The third-order valence-electron chi connectivity index (χ3n) is 9.72. The molecule has 1 aromatic rings. The van der Waals surface area contributed by atoms with Gasteiger partial charge in [-0.05, 0) is 63.4 Å². The number of ketones is 1. The van der Waals surface area contributed by atoms with Crippen molar-refractivity contribution in [2.45, 2.75) is 65.1 Å². The SMILES string of the molecule is C=C[C@@]1(C)COC(=O)[C@]12O[C@@]1(c3ccccc3)[C@@H](C2=O)[C@@H]2C[C@@H]([C@H](C)CCC=C(C)C)C=C[C@@]21C. The number of allylic oxidation sites excluding steroid dienone is 3. The summed E-state index contributed by atoms with van der Waals surface area (Å²) in [6, 6.07) is 10.0. The van der Waals surface area contributed by atoms with E-state index in [1.54, 1.807) is 6.08 Å². The van der Waals surface area contributed by atoms with Crippen LogP contribution in [0, 0.1) is 34.5 Å². The Bertz CT molecular complexity index is 1110. The minimum Gasteiger partial charge on any atom is -0.462 e. The molecule has 2 aliphatic heterocycles. The topological polar surface area (TPSA) is 52.6 Å². The van der Waals surface area contributed by atoms with E-state index in [2.05, 4.69) is 52.5 Å². The second-order valence-corrected chi connectivity index (χ2v) is 11.9. The third-order valence-corrected chi connectivity index (χ3v) is 9.72. The lowest BCUT2D eigenvalue weighted by atomic mass is 9.39. The molecule has 1 spiro atoms. The van der Waals surface area contributed by atoms with Crippen molar-refractivity contribution in [1.82, 2.24) is 0 Å². The number of ether oxygens (including phenoxy) is 2.